The Kier molecular flexibility index (Phi) is 4.77. The predicted octanol–water partition coefficient (Wildman–Crippen LogP) is 1.84. The maximum atomic E-state index is 11.7. The summed E-state index contributed by atoms with van der Waals surface area (Å²) < 4.78 is 27.9. The number of aromatic nitrogens is 2. The Bertz CT molecular complexity index is 677. The number of fused-ring (bicyclic) bond motifs is 1. The van der Waals surface area contributed by atoms with Gasteiger partial charge in [0.15, 0.2) is 0 Å². The van der Waals surface area contributed by atoms with Crippen molar-refractivity contribution in [2.45, 2.75) is 26.2 Å². The molecule has 1 N–H and O–H groups in total. The SMILES string of the molecule is CCCCS(=O)(=O)NCCc1ccc2c(c1)ncn2C. The van der Waals surface area contributed by atoms with E-state index in [0.717, 1.165) is 23.0 Å². The van der Waals surface area contributed by atoms with Gasteiger partial charge in [0.25, 0.3) is 0 Å². The summed E-state index contributed by atoms with van der Waals surface area (Å²) in [5.74, 6) is 0.211. The van der Waals surface area contributed by atoms with Gasteiger partial charge in [-0.2, -0.15) is 0 Å². The lowest BCUT2D eigenvalue weighted by Gasteiger charge is -2.06. The molecule has 0 bridgehead atoms. The van der Waals surface area contributed by atoms with E-state index in [9.17, 15) is 8.42 Å². The van der Waals surface area contributed by atoms with Crippen molar-refractivity contribution in [3.05, 3.63) is 30.1 Å². The van der Waals surface area contributed by atoms with Crippen molar-refractivity contribution < 1.29 is 8.42 Å². The van der Waals surface area contributed by atoms with E-state index in [1.165, 1.54) is 0 Å². The van der Waals surface area contributed by atoms with Crippen molar-refractivity contribution >= 4 is 21.1 Å². The zero-order valence-corrected chi connectivity index (χ0v) is 12.8. The van der Waals surface area contributed by atoms with E-state index in [0.29, 0.717) is 19.4 Å². The molecule has 6 heteroatoms. The highest BCUT2D eigenvalue weighted by Gasteiger charge is 2.08. The fourth-order valence-electron chi connectivity index (χ4n) is 2.09. The van der Waals surface area contributed by atoms with Crippen molar-refractivity contribution in [3.8, 4) is 0 Å². The van der Waals surface area contributed by atoms with Gasteiger partial charge in [0.05, 0.1) is 23.1 Å². The van der Waals surface area contributed by atoms with E-state index in [2.05, 4.69) is 9.71 Å². The first-order valence-corrected chi connectivity index (χ1v) is 8.54. The van der Waals surface area contributed by atoms with E-state index >= 15 is 0 Å². The summed E-state index contributed by atoms with van der Waals surface area (Å²) in [6.07, 6.45) is 4.05. The third kappa shape index (κ3) is 3.80. The normalized spacial score (nSPS) is 12.1. The molecule has 0 saturated carbocycles. The van der Waals surface area contributed by atoms with E-state index in [4.69, 9.17) is 0 Å². The summed E-state index contributed by atoms with van der Waals surface area (Å²) in [6.45, 7) is 2.42. The number of hydrogen-bond acceptors (Lipinski definition) is 3. The second-order valence-electron chi connectivity index (χ2n) is 5.00. The summed E-state index contributed by atoms with van der Waals surface area (Å²) in [5, 5.41) is 0. The molecule has 1 aromatic heterocycles. The zero-order valence-electron chi connectivity index (χ0n) is 12.0. The minimum Gasteiger partial charge on any atom is -0.334 e. The summed E-state index contributed by atoms with van der Waals surface area (Å²) >= 11 is 0. The lowest BCUT2D eigenvalue weighted by Crippen LogP contribution is -2.28. The Hall–Kier alpha value is -1.40. The maximum absolute atomic E-state index is 11.7. The molecule has 2 aromatic rings. The van der Waals surface area contributed by atoms with Crippen molar-refractivity contribution in [2.24, 2.45) is 7.05 Å². The van der Waals surface area contributed by atoms with Gasteiger partial charge in [-0.3, -0.25) is 0 Å². The highest BCUT2D eigenvalue weighted by molar-refractivity contribution is 7.89. The highest BCUT2D eigenvalue weighted by atomic mass is 32.2. The van der Waals surface area contributed by atoms with E-state index in [1.54, 1.807) is 6.33 Å². The maximum Gasteiger partial charge on any atom is 0.211 e. The first kappa shape index (κ1) is 15.0. The van der Waals surface area contributed by atoms with Crippen LogP contribution in [0.15, 0.2) is 24.5 Å². The number of benzene rings is 1. The molecule has 0 aliphatic carbocycles. The van der Waals surface area contributed by atoms with Crippen LogP contribution in [-0.2, 0) is 23.5 Å². The average Bonchev–Trinajstić information content (AvgIpc) is 2.78. The molecule has 0 fully saturated rings. The van der Waals surface area contributed by atoms with Crippen LogP contribution in [0.25, 0.3) is 11.0 Å². The monoisotopic (exact) mass is 295 g/mol. The summed E-state index contributed by atoms with van der Waals surface area (Å²) in [5.41, 5.74) is 3.12. The van der Waals surface area contributed by atoms with Gasteiger partial charge in [-0.05, 0) is 30.5 Å². The molecular weight excluding hydrogens is 274 g/mol. The summed E-state index contributed by atoms with van der Waals surface area (Å²) in [6, 6.07) is 6.04. The van der Waals surface area contributed by atoms with Crippen molar-refractivity contribution in [1.29, 1.82) is 0 Å². The van der Waals surface area contributed by atoms with Gasteiger partial charge in [-0.15, -0.1) is 0 Å². The van der Waals surface area contributed by atoms with Gasteiger partial charge in [0.1, 0.15) is 0 Å². The Balaban J connectivity index is 1.93. The standard InChI is InChI=1S/C14H21N3O2S/c1-3-4-9-20(18,19)16-8-7-12-5-6-14-13(10-12)15-11-17(14)2/h5-6,10-11,16H,3-4,7-9H2,1-2H3. The number of aryl methyl sites for hydroxylation is 1. The van der Waals surface area contributed by atoms with Crippen LogP contribution in [0.1, 0.15) is 25.3 Å². The minimum absolute atomic E-state index is 0.211. The molecule has 20 heavy (non-hydrogen) atoms. The average molecular weight is 295 g/mol. The number of nitrogens with zero attached hydrogens (tertiary/aromatic N) is 2. The van der Waals surface area contributed by atoms with Crippen molar-refractivity contribution in [3.63, 3.8) is 0 Å². The number of unbranched alkanes of at least 4 members (excludes halogenated alkanes) is 1. The summed E-state index contributed by atoms with van der Waals surface area (Å²) in [4.78, 5) is 4.30. The highest BCUT2D eigenvalue weighted by Crippen LogP contribution is 2.14. The van der Waals surface area contributed by atoms with Crippen LogP contribution in [0.4, 0.5) is 0 Å². The molecule has 0 aliphatic heterocycles. The minimum atomic E-state index is -3.12. The molecule has 1 aromatic carbocycles. The lowest BCUT2D eigenvalue weighted by molar-refractivity contribution is 0.578. The fraction of sp³-hybridized carbons (Fsp3) is 0.500. The molecule has 0 unspecified atom stereocenters. The van der Waals surface area contributed by atoms with E-state index in [-0.39, 0.29) is 5.75 Å². The number of hydrogen-bond donors (Lipinski definition) is 1. The van der Waals surface area contributed by atoms with Gasteiger partial charge in [0.2, 0.25) is 10.0 Å². The molecule has 1 heterocycles. The number of rotatable bonds is 7. The fourth-order valence-corrected chi connectivity index (χ4v) is 3.32. The molecule has 0 amide bonds. The van der Waals surface area contributed by atoms with Gasteiger partial charge in [-0.1, -0.05) is 19.4 Å². The van der Waals surface area contributed by atoms with E-state index < -0.39 is 10.0 Å². The predicted molar refractivity (Wildman–Crippen MR) is 81.1 cm³/mol. The van der Waals surface area contributed by atoms with Crippen molar-refractivity contribution in [2.75, 3.05) is 12.3 Å². The topological polar surface area (TPSA) is 64.0 Å². The zero-order chi connectivity index (χ0) is 14.6. The molecule has 0 aliphatic rings. The number of sulfonamides is 1. The van der Waals surface area contributed by atoms with Crippen LogP contribution in [0, 0.1) is 0 Å². The van der Waals surface area contributed by atoms with Crippen molar-refractivity contribution in [1.82, 2.24) is 14.3 Å². The second-order valence-corrected chi connectivity index (χ2v) is 6.92. The molecule has 2 rings (SSSR count). The first-order valence-electron chi connectivity index (χ1n) is 6.89. The Morgan fingerprint density at radius 2 is 2.15 bits per heavy atom. The Morgan fingerprint density at radius 1 is 1.35 bits per heavy atom. The molecule has 0 spiro atoms. The van der Waals surface area contributed by atoms with Crippen LogP contribution in [0.5, 0.6) is 0 Å². The summed E-state index contributed by atoms with van der Waals surface area (Å²) in [7, 11) is -1.17. The van der Waals surface area contributed by atoms with Gasteiger partial charge >= 0.3 is 0 Å². The van der Waals surface area contributed by atoms with E-state index in [1.807, 2.05) is 36.7 Å². The molecule has 0 atom stereocenters. The third-order valence-electron chi connectivity index (χ3n) is 3.29. The Labute approximate surface area is 120 Å². The van der Waals surface area contributed by atoms with Gasteiger partial charge in [0, 0.05) is 13.6 Å². The van der Waals surface area contributed by atoms with Gasteiger partial charge in [-0.25, -0.2) is 18.1 Å². The first-order chi connectivity index (χ1) is 9.52. The van der Waals surface area contributed by atoms with Gasteiger partial charge < -0.3 is 4.57 Å². The molecule has 5 nitrogen and oxygen atoms in total. The largest absolute Gasteiger partial charge is 0.334 e. The number of nitrogens with one attached hydrogen (secondary N) is 1. The van der Waals surface area contributed by atoms with Crippen LogP contribution < -0.4 is 4.72 Å². The molecule has 0 saturated heterocycles. The third-order valence-corrected chi connectivity index (χ3v) is 4.76. The lowest BCUT2D eigenvalue weighted by atomic mass is 10.1. The molecule has 110 valence electrons. The van der Waals surface area contributed by atoms with Crippen LogP contribution >= 0.6 is 0 Å². The van der Waals surface area contributed by atoms with Crippen LogP contribution in [0.3, 0.4) is 0 Å². The number of imidazole rings is 1. The quantitative estimate of drug-likeness (QED) is 0.847. The van der Waals surface area contributed by atoms with Crippen LogP contribution in [0.2, 0.25) is 0 Å². The molecular formula is C14H21N3O2S. The Morgan fingerprint density at radius 3 is 2.90 bits per heavy atom. The van der Waals surface area contributed by atoms with Crippen LogP contribution in [-0.4, -0.2) is 30.3 Å². The molecule has 0 radical (unpaired) electrons. The second kappa shape index (κ2) is 6.37. The smallest absolute Gasteiger partial charge is 0.211 e.